The molecule has 2 aliphatic rings. The van der Waals surface area contributed by atoms with E-state index in [1.165, 1.54) is 14.2 Å². The molecule has 8 nitrogen and oxygen atoms in total. The number of para-hydroxylation sites is 2. The van der Waals surface area contributed by atoms with Gasteiger partial charge in [-0.15, -0.1) is 0 Å². The largest absolute Gasteiger partial charge is 0.493 e. The van der Waals surface area contributed by atoms with Gasteiger partial charge in [-0.3, -0.25) is 14.4 Å². The number of Topliss-reactive ketones (excluding diaryl/α,β-unsaturated/α-hetero) is 1. The number of ether oxygens (including phenoxy) is 4. The number of H-pyrrole nitrogens is 1. The first-order valence-electron chi connectivity index (χ1n) is 11.6. The Morgan fingerprint density at radius 2 is 1.78 bits per heavy atom. The van der Waals surface area contributed by atoms with Gasteiger partial charge in [0.25, 0.3) is 5.56 Å². The zero-order valence-electron chi connectivity index (χ0n) is 20.0. The van der Waals surface area contributed by atoms with Crippen LogP contribution in [0, 0.1) is 0 Å². The molecule has 37 heavy (non-hydrogen) atoms. The van der Waals surface area contributed by atoms with Crippen LogP contribution in [0.15, 0.2) is 71.2 Å². The Morgan fingerprint density at radius 3 is 2.59 bits per heavy atom. The van der Waals surface area contributed by atoms with Crippen LogP contribution >= 0.6 is 0 Å². The third kappa shape index (κ3) is 3.65. The third-order valence-electron chi connectivity index (χ3n) is 6.66. The Balaban J connectivity index is 1.49. The normalized spacial score (nSPS) is 17.2. The highest BCUT2D eigenvalue weighted by Crippen LogP contribution is 2.49. The number of carbonyl (C=O) groups is 2. The average Bonchev–Trinajstić information content (AvgIpc) is 3.22. The molecule has 0 fully saturated rings. The van der Waals surface area contributed by atoms with Crippen LogP contribution in [0.25, 0.3) is 17.0 Å². The van der Waals surface area contributed by atoms with E-state index in [4.69, 9.17) is 18.9 Å². The summed E-state index contributed by atoms with van der Waals surface area (Å²) in [5.41, 5.74) is 2.19. The minimum atomic E-state index is -0.655. The lowest BCUT2D eigenvalue weighted by Gasteiger charge is -2.26. The molecule has 6 rings (SSSR count). The fraction of sp³-hybridized carbons (Fsp3) is 0.138. The van der Waals surface area contributed by atoms with Crippen molar-refractivity contribution in [1.29, 1.82) is 0 Å². The lowest BCUT2D eigenvalue weighted by molar-refractivity contribution is -0.135. The van der Waals surface area contributed by atoms with Crippen molar-refractivity contribution in [2.75, 3.05) is 14.2 Å². The number of allylic oxidation sites excluding steroid dienone is 1. The van der Waals surface area contributed by atoms with Crippen molar-refractivity contribution >= 4 is 28.7 Å². The number of benzene rings is 3. The number of methoxy groups -OCH3 is 2. The van der Waals surface area contributed by atoms with Crippen LogP contribution < -0.4 is 24.5 Å². The minimum Gasteiger partial charge on any atom is -0.493 e. The monoisotopic (exact) mass is 495 g/mol. The molecular formula is C29H21NO7. The second-order valence-electron chi connectivity index (χ2n) is 8.75. The highest BCUT2D eigenvalue weighted by molar-refractivity contribution is 6.15. The van der Waals surface area contributed by atoms with E-state index in [0.29, 0.717) is 39.3 Å². The molecule has 0 amide bonds. The molecule has 184 valence electrons. The summed E-state index contributed by atoms with van der Waals surface area (Å²) in [6.07, 6.45) is 1.52. The van der Waals surface area contributed by atoms with Gasteiger partial charge in [0.15, 0.2) is 17.3 Å². The highest BCUT2D eigenvalue weighted by Gasteiger charge is 2.39. The number of hydrogen-bond donors (Lipinski definition) is 1. The van der Waals surface area contributed by atoms with Crippen LogP contribution in [0.5, 0.6) is 23.0 Å². The van der Waals surface area contributed by atoms with E-state index in [9.17, 15) is 14.4 Å². The number of rotatable bonds is 4. The van der Waals surface area contributed by atoms with Gasteiger partial charge in [-0.2, -0.15) is 0 Å². The lowest BCUT2D eigenvalue weighted by atomic mass is 9.85. The van der Waals surface area contributed by atoms with E-state index in [1.54, 1.807) is 42.5 Å². The standard InChI is InChI=1S/C29H21NO7/c1-34-22-9-5-7-16(27(22)35-2)13-23-26(32)17-10-11-21-25(28(17)37-23)18(14-24(31)36-21)19-12-15-6-3-4-8-20(15)30-29(19)33/h3-13,18H,14H2,1-2H3,(H,30,33). The molecule has 8 heteroatoms. The molecule has 3 aromatic carbocycles. The van der Waals surface area contributed by atoms with Crippen LogP contribution in [-0.4, -0.2) is 31.0 Å². The van der Waals surface area contributed by atoms with Crippen molar-refractivity contribution in [3.8, 4) is 23.0 Å². The SMILES string of the molecule is COc1cccc(C=C2Oc3c(ccc4c3C(c3cc5ccccc5[nH]c3=O)CC(=O)O4)C2=O)c1OC. The van der Waals surface area contributed by atoms with Gasteiger partial charge in [-0.05, 0) is 41.8 Å². The molecule has 0 aliphatic carbocycles. The fourth-order valence-electron chi connectivity index (χ4n) is 4.96. The van der Waals surface area contributed by atoms with E-state index in [1.807, 2.05) is 24.3 Å². The number of nitrogens with one attached hydrogen (secondary N) is 1. The first kappa shape index (κ1) is 22.6. The maximum absolute atomic E-state index is 13.3. The Hall–Kier alpha value is -4.85. The molecular weight excluding hydrogens is 474 g/mol. The maximum Gasteiger partial charge on any atom is 0.312 e. The van der Waals surface area contributed by atoms with E-state index >= 15 is 0 Å². The summed E-state index contributed by atoms with van der Waals surface area (Å²) in [5.74, 6) is 0.148. The van der Waals surface area contributed by atoms with Crippen molar-refractivity contribution in [3.05, 3.63) is 99.0 Å². The zero-order chi connectivity index (χ0) is 25.7. The van der Waals surface area contributed by atoms with Gasteiger partial charge >= 0.3 is 5.97 Å². The molecule has 0 bridgehead atoms. The Bertz CT molecular complexity index is 1700. The summed E-state index contributed by atoms with van der Waals surface area (Å²) < 4.78 is 22.5. The lowest BCUT2D eigenvalue weighted by Crippen LogP contribution is -2.26. The quantitative estimate of drug-likeness (QED) is 0.251. The van der Waals surface area contributed by atoms with Crippen molar-refractivity contribution in [2.45, 2.75) is 12.3 Å². The van der Waals surface area contributed by atoms with Gasteiger partial charge in [-0.1, -0.05) is 30.3 Å². The zero-order valence-corrected chi connectivity index (χ0v) is 20.0. The molecule has 0 spiro atoms. The number of ketones is 1. The number of fused-ring (bicyclic) bond motifs is 4. The van der Waals surface area contributed by atoms with Gasteiger partial charge in [0.2, 0.25) is 5.78 Å². The Kier molecular flexibility index (Phi) is 5.30. The summed E-state index contributed by atoms with van der Waals surface area (Å²) in [4.78, 5) is 41.8. The van der Waals surface area contributed by atoms with E-state index < -0.39 is 11.9 Å². The third-order valence-corrected chi connectivity index (χ3v) is 6.66. The van der Waals surface area contributed by atoms with E-state index in [-0.39, 0.29) is 35.0 Å². The predicted octanol–water partition coefficient (Wildman–Crippen LogP) is 4.60. The number of aromatic nitrogens is 1. The van der Waals surface area contributed by atoms with Crippen molar-refractivity contribution in [1.82, 2.24) is 4.98 Å². The van der Waals surface area contributed by atoms with Crippen LogP contribution in [0.3, 0.4) is 0 Å². The van der Waals surface area contributed by atoms with Gasteiger partial charge in [0.1, 0.15) is 11.5 Å². The first-order chi connectivity index (χ1) is 18.0. The topological polar surface area (TPSA) is 104 Å². The number of hydrogen-bond acceptors (Lipinski definition) is 7. The van der Waals surface area contributed by atoms with Crippen LogP contribution in [-0.2, 0) is 4.79 Å². The van der Waals surface area contributed by atoms with E-state index in [0.717, 1.165) is 5.39 Å². The van der Waals surface area contributed by atoms with Crippen molar-refractivity contribution in [3.63, 3.8) is 0 Å². The molecule has 0 saturated carbocycles. The fourth-order valence-corrected chi connectivity index (χ4v) is 4.96. The molecule has 1 N–H and O–H groups in total. The number of esters is 1. The van der Waals surface area contributed by atoms with Gasteiger partial charge < -0.3 is 23.9 Å². The molecule has 1 unspecified atom stereocenters. The summed E-state index contributed by atoms with van der Waals surface area (Å²) in [5, 5.41) is 0.827. The van der Waals surface area contributed by atoms with Crippen LogP contribution in [0.2, 0.25) is 0 Å². The first-order valence-corrected chi connectivity index (χ1v) is 11.6. The molecule has 1 atom stereocenters. The van der Waals surface area contributed by atoms with Gasteiger partial charge in [0.05, 0.1) is 26.2 Å². The Labute approximate surface area is 211 Å². The van der Waals surface area contributed by atoms with Gasteiger partial charge in [-0.25, -0.2) is 0 Å². The summed E-state index contributed by atoms with van der Waals surface area (Å²) >= 11 is 0. The smallest absolute Gasteiger partial charge is 0.312 e. The predicted molar refractivity (Wildman–Crippen MR) is 136 cm³/mol. The number of pyridine rings is 1. The minimum absolute atomic E-state index is 0.0643. The molecule has 3 heterocycles. The molecule has 4 aromatic rings. The molecule has 2 aliphatic heterocycles. The van der Waals surface area contributed by atoms with Crippen molar-refractivity contribution < 1.29 is 28.5 Å². The molecule has 0 saturated heterocycles. The summed E-state index contributed by atoms with van der Waals surface area (Å²) in [7, 11) is 3.05. The number of aromatic amines is 1. The van der Waals surface area contributed by atoms with Gasteiger partial charge in [0, 0.05) is 28.1 Å². The van der Waals surface area contributed by atoms with E-state index in [2.05, 4.69) is 4.98 Å². The highest BCUT2D eigenvalue weighted by atomic mass is 16.5. The van der Waals surface area contributed by atoms with Crippen LogP contribution in [0.4, 0.5) is 0 Å². The second-order valence-corrected chi connectivity index (χ2v) is 8.75. The average molecular weight is 495 g/mol. The Morgan fingerprint density at radius 1 is 0.946 bits per heavy atom. The maximum atomic E-state index is 13.3. The van der Waals surface area contributed by atoms with Crippen molar-refractivity contribution in [2.24, 2.45) is 0 Å². The summed E-state index contributed by atoms with van der Waals surface area (Å²) in [6, 6.07) is 17.6. The van der Waals surface area contributed by atoms with Crippen LogP contribution in [0.1, 0.15) is 39.4 Å². The summed E-state index contributed by atoms with van der Waals surface area (Å²) in [6.45, 7) is 0. The molecule has 1 aromatic heterocycles. The second kappa shape index (κ2) is 8.67. The number of carbonyl (C=O) groups excluding carboxylic acids is 2. The molecule has 0 radical (unpaired) electrons.